The van der Waals surface area contributed by atoms with Crippen LogP contribution in [0.15, 0.2) is 0 Å². The van der Waals surface area contributed by atoms with E-state index in [0.717, 1.165) is 12.8 Å². The molecule has 5 fully saturated rings. The van der Waals surface area contributed by atoms with Crippen LogP contribution in [-0.4, -0.2) is 56.4 Å². The van der Waals surface area contributed by atoms with Crippen LogP contribution >= 0.6 is 0 Å². The molecule has 0 bridgehead atoms. The average Bonchev–Trinajstić information content (AvgIpc) is 3.39. The van der Waals surface area contributed by atoms with Crippen molar-refractivity contribution in [2.75, 3.05) is 0 Å². The molecule has 5 aliphatic rings. The molecule has 0 aliphatic heterocycles. The van der Waals surface area contributed by atoms with Gasteiger partial charge < -0.3 is 25.2 Å². The Morgan fingerprint density at radius 1 is 0.947 bits per heavy atom. The van der Waals surface area contributed by atoms with Crippen molar-refractivity contribution in [2.24, 2.45) is 63.6 Å². The van der Waals surface area contributed by atoms with Gasteiger partial charge in [-0.25, -0.2) is 0 Å². The van der Waals surface area contributed by atoms with Crippen LogP contribution in [0.3, 0.4) is 0 Å². The second-order valence-electron chi connectivity index (χ2n) is 15.6. The molecule has 0 aromatic heterocycles. The van der Waals surface area contributed by atoms with Crippen molar-refractivity contribution >= 4 is 5.97 Å². The Labute approximate surface area is 229 Å². The molecule has 0 amide bonds. The summed E-state index contributed by atoms with van der Waals surface area (Å²) >= 11 is 0. The van der Waals surface area contributed by atoms with Gasteiger partial charge in [0.2, 0.25) is 0 Å². The fraction of sp³-hybridized carbons (Fsp3) is 0.969. The van der Waals surface area contributed by atoms with E-state index in [0.29, 0.717) is 54.3 Å². The van der Waals surface area contributed by atoms with Gasteiger partial charge in [-0.2, -0.15) is 0 Å². The van der Waals surface area contributed by atoms with E-state index in [1.54, 1.807) is 0 Å². The summed E-state index contributed by atoms with van der Waals surface area (Å²) in [6.45, 7) is 17.5. The molecule has 15 unspecified atom stereocenters. The van der Waals surface area contributed by atoms with Crippen LogP contribution in [0.4, 0.5) is 0 Å². The number of aliphatic hydroxyl groups excluding tert-OH is 3. The van der Waals surface area contributed by atoms with Crippen molar-refractivity contribution in [3.63, 3.8) is 0 Å². The molecule has 0 heterocycles. The first-order chi connectivity index (χ1) is 17.5. The van der Waals surface area contributed by atoms with Crippen LogP contribution in [0.1, 0.15) is 100 Å². The van der Waals surface area contributed by atoms with Gasteiger partial charge in [0.15, 0.2) is 0 Å². The third-order valence-electron chi connectivity index (χ3n) is 13.9. The molecule has 38 heavy (non-hydrogen) atoms. The first kappa shape index (κ1) is 28.8. The number of esters is 1. The van der Waals surface area contributed by atoms with E-state index in [2.05, 4.69) is 41.5 Å². The molecule has 0 aromatic carbocycles. The molecule has 5 aliphatic carbocycles. The van der Waals surface area contributed by atoms with Crippen molar-refractivity contribution < 1.29 is 30.0 Å². The fourth-order valence-corrected chi connectivity index (χ4v) is 11.3. The lowest BCUT2D eigenvalue weighted by molar-refractivity contribution is -0.302. The van der Waals surface area contributed by atoms with Crippen molar-refractivity contribution in [2.45, 2.75) is 130 Å². The Bertz CT molecular complexity index is 937. The zero-order valence-corrected chi connectivity index (χ0v) is 25.0. The molecule has 15 atom stereocenters. The molecule has 5 saturated carbocycles. The Balaban J connectivity index is 1.52. The Morgan fingerprint density at radius 2 is 1.61 bits per heavy atom. The standard InChI is InChI=1S/C32H54O6/c1-16(2)18(4)29(6)15-24(29)17(3)22-9-10-23-21-13-25(35)32(37)14-20(34)11-12-30(32,7)26(21)27(36)28(31(22,23)8)38-19(5)33/h16-18,20-28,34-37H,9-15H2,1-8H3. The minimum absolute atomic E-state index is 0.0368. The fourth-order valence-electron chi connectivity index (χ4n) is 11.3. The summed E-state index contributed by atoms with van der Waals surface area (Å²) < 4.78 is 6.11. The van der Waals surface area contributed by atoms with E-state index in [4.69, 9.17) is 4.74 Å². The van der Waals surface area contributed by atoms with E-state index in [1.165, 1.54) is 13.3 Å². The number of hydrogen-bond acceptors (Lipinski definition) is 6. The van der Waals surface area contributed by atoms with Crippen LogP contribution < -0.4 is 0 Å². The van der Waals surface area contributed by atoms with E-state index in [9.17, 15) is 25.2 Å². The van der Waals surface area contributed by atoms with Crippen molar-refractivity contribution in [1.29, 1.82) is 0 Å². The summed E-state index contributed by atoms with van der Waals surface area (Å²) in [6, 6.07) is 0. The molecule has 0 spiro atoms. The molecule has 218 valence electrons. The second-order valence-corrected chi connectivity index (χ2v) is 15.6. The van der Waals surface area contributed by atoms with Gasteiger partial charge in [-0.3, -0.25) is 4.79 Å². The summed E-state index contributed by atoms with van der Waals surface area (Å²) in [7, 11) is 0. The molecule has 6 nitrogen and oxygen atoms in total. The smallest absolute Gasteiger partial charge is 0.303 e. The van der Waals surface area contributed by atoms with Gasteiger partial charge in [-0.05, 0) is 91.3 Å². The maximum Gasteiger partial charge on any atom is 0.303 e. The van der Waals surface area contributed by atoms with Gasteiger partial charge >= 0.3 is 5.97 Å². The Hall–Kier alpha value is -0.690. The lowest BCUT2D eigenvalue weighted by atomic mass is 9.41. The highest BCUT2D eigenvalue weighted by molar-refractivity contribution is 5.66. The molecule has 0 radical (unpaired) electrons. The van der Waals surface area contributed by atoms with Crippen LogP contribution in [0.2, 0.25) is 0 Å². The van der Waals surface area contributed by atoms with Gasteiger partial charge in [0, 0.05) is 24.2 Å². The van der Waals surface area contributed by atoms with Crippen LogP contribution in [-0.2, 0) is 9.53 Å². The van der Waals surface area contributed by atoms with Crippen LogP contribution in [0.25, 0.3) is 0 Å². The number of hydrogen-bond donors (Lipinski definition) is 4. The normalized spacial score (nSPS) is 55.4. The highest BCUT2D eigenvalue weighted by atomic mass is 16.6. The van der Waals surface area contributed by atoms with Gasteiger partial charge in [-0.1, -0.05) is 48.5 Å². The predicted molar refractivity (Wildman–Crippen MR) is 146 cm³/mol. The minimum Gasteiger partial charge on any atom is -0.459 e. The first-order valence-corrected chi connectivity index (χ1v) is 15.5. The van der Waals surface area contributed by atoms with Crippen LogP contribution in [0, 0.1) is 63.6 Å². The predicted octanol–water partition coefficient (Wildman–Crippen LogP) is 4.56. The molecule has 6 heteroatoms. The van der Waals surface area contributed by atoms with Gasteiger partial charge in [0.05, 0.1) is 23.9 Å². The minimum atomic E-state index is -1.46. The molecular weight excluding hydrogens is 480 g/mol. The molecule has 5 rings (SSSR count). The van der Waals surface area contributed by atoms with E-state index in [-0.39, 0.29) is 30.1 Å². The Kier molecular flexibility index (Phi) is 6.95. The van der Waals surface area contributed by atoms with Gasteiger partial charge in [0.25, 0.3) is 0 Å². The third kappa shape index (κ3) is 3.75. The average molecular weight is 535 g/mol. The lowest BCUT2D eigenvalue weighted by Crippen LogP contribution is -2.73. The van der Waals surface area contributed by atoms with E-state index >= 15 is 0 Å². The quantitative estimate of drug-likeness (QED) is 0.385. The van der Waals surface area contributed by atoms with E-state index in [1.807, 2.05) is 6.92 Å². The maximum atomic E-state index is 12.5. The SMILES string of the molecule is CC(=O)OC1C(O)C2C(CC(O)C3(O)CC(O)CCC23C)C2CCC(C(C)C3CC3(C)C(C)C(C)C)C21C. The zero-order chi connectivity index (χ0) is 28.2. The number of rotatable bonds is 5. The lowest BCUT2D eigenvalue weighted by Gasteiger charge is -2.67. The number of fused-ring (bicyclic) bond motifs is 5. The summed E-state index contributed by atoms with van der Waals surface area (Å²) in [4.78, 5) is 12.5. The van der Waals surface area contributed by atoms with Gasteiger partial charge in [0.1, 0.15) is 6.10 Å². The summed E-state index contributed by atoms with van der Waals surface area (Å²) in [5.74, 6) is 2.22. The van der Waals surface area contributed by atoms with Crippen molar-refractivity contribution in [3.8, 4) is 0 Å². The molecule has 4 N–H and O–H groups in total. The third-order valence-corrected chi connectivity index (χ3v) is 13.9. The maximum absolute atomic E-state index is 12.5. The highest BCUT2D eigenvalue weighted by Gasteiger charge is 2.73. The largest absolute Gasteiger partial charge is 0.459 e. The van der Waals surface area contributed by atoms with E-state index < -0.39 is 40.8 Å². The zero-order valence-electron chi connectivity index (χ0n) is 25.0. The Morgan fingerprint density at radius 3 is 2.21 bits per heavy atom. The number of carbonyl (C=O) groups excluding carboxylic acids is 1. The topological polar surface area (TPSA) is 107 Å². The summed E-state index contributed by atoms with van der Waals surface area (Å²) in [6.07, 6.45) is 1.69. The molecular formula is C32H54O6. The van der Waals surface area contributed by atoms with Gasteiger partial charge in [-0.15, -0.1) is 0 Å². The van der Waals surface area contributed by atoms with Crippen molar-refractivity contribution in [3.05, 3.63) is 0 Å². The second kappa shape index (κ2) is 9.16. The number of aliphatic hydroxyl groups is 4. The number of ether oxygens (including phenoxy) is 1. The first-order valence-electron chi connectivity index (χ1n) is 15.5. The summed E-state index contributed by atoms with van der Waals surface area (Å²) in [5, 5.41) is 45.9. The highest BCUT2D eigenvalue weighted by Crippen LogP contribution is 2.72. The van der Waals surface area contributed by atoms with Crippen LogP contribution in [0.5, 0.6) is 0 Å². The summed E-state index contributed by atoms with van der Waals surface area (Å²) in [5.41, 5.74) is -2.30. The molecule has 0 aromatic rings. The number of carbonyl (C=O) groups is 1. The van der Waals surface area contributed by atoms with Crippen molar-refractivity contribution in [1.82, 2.24) is 0 Å². The molecule has 0 saturated heterocycles. The monoisotopic (exact) mass is 534 g/mol.